The molecule has 0 radical (unpaired) electrons. The molecule has 4 aliphatic carbocycles. The SMILES string of the molecule is CCC(C)(C#N)C(=O)OC(C)(C)C12CC3CC(CC(C3)C1)C2. The zero-order valence-corrected chi connectivity index (χ0v) is 14.4. The Morgan fingerprint density at radius 1 is 1.14 bits per heavy atom. The molecule has 4 bridgehead atoms. The van der Waals surface area contributed by atoms with E-state index in [1.54, 1.807) is 6.92 Å². The van der Waals surface area contributed by atoms with Gasteiger partial charge in [-0.15, -0.1) is 0 Å². The van der Waals surface area contributed by atoms with Gasteiger partial charge in [0.2, 0.25) is 0 Å². The predicted octanol–water partition coefficient (Wildman–Crippen LogP) is 4.46. The van der Waals surface area contributed by atoms with Crippen molar-refractivity contribution in [3.63, 3.8) is 0 Å². The summed E-state index contributed by atoms with van der Waals surface area (Å²) in [5, 5.41) is 9.34. The minimum Gasteiger partial charge on any atom is -0.458 e. The van der Waals surface area contributed by atoms with Gasteiger partial charge in [0.05, 0.1) is 6.07 Å². The van der Waals surface area contributed by atoms with E-state index in [2.05, 4.69) is 19.9 Å². The Kier molecular flexibility index (Phi) is 3.59. The standard InChI is InChI=1S/C19H29NO2/c1-5-18(4,12-20)16(21)22-17(2,3)19-9-13-6-14(10-19)8-15(7-13)11-19/h13-15H,5-11H2,1-4H3. The van der Waals surface area contributed by atoms with E-state index >= 15 is 0 Å². The molecule has 1 atom stereocenters. The number of esters is 1. The van der Waals surface area contributed by atoms with E-state index < -0.39 is 11.0 Å². The van der Waals surface area contributed by atoms with Crippen molar-refractivity contribution in [1.82, 2.24) is 0 Å². The quantitative estimate of drug-likeness (QED) is 0.720. The topological polar surface area (TPSA) is 50.1 Å². The molecule has 0 aliphatic heterocycles. The number of rotatable bonds is 4. The first-order valence-electron chi connectivity index (χ1n) is 8.88. The van der Waals surface area contributed by atoms with Gasteiger partial charge in [0.25, 0.3) is 0 Å². The van der Waals surface area contributed by atoms with Crippen molar-refractivity contribution in [2.75, 3.05) is 0 Å². The minimum atomic E-state index is -1.01. The van der Waals surface area contributed by atoms with Gasteiger partial charge in [0, 0.05) is 5.41 Å². The molecule has 0 heterocycles. The summed E-state index contributed by atoms with van der Waals surface area (Å²) in [6.07, 6.45) is 8.26. The van der Waals surface area contributed by atoms with Gasteiger partial charge < -0.3 is 4.74 Å². The summed E-state index contributed by atoms with van der Waals surface area (Å²) < 4.78 is 6.01. The van der Waals surface area contributed by atoms with Crippen molar-refractivity contribution in [3.05, 3.63) is 0 Å². The van der Waals surface area contributed by atoms with Crippen molar-refractivity contribution >= 4 is 5.97 Å². The van der Waals surface area contributed by atoms with Crippen LogP contribution in [0.2, 0.25) is 0 Å². The van der Waals surface area contributed by atoms with Crippen LogP contribution < -0.4 is 0 Å². The van der Waals surface area contributed by atoms with Crippen LogP contribution in [0.4, 0.5) is 0 Å². The van der Waals surface area contributed by atoms with Gasteiger partial charge in [-0.3, -0.25) is 4.79 Å². The lowest BCUT2D eigenvalue weighted by Crippen LogP contribution is -2.58. The van der Waals surface area contributed by atoms with Gasteiger partial charge >= 0.3 is 5.97 Å². The number of carbonyl (C=O) groups is 1. The molecule has 0 amide bonds. The molecule has 0 saturated heterocycles. The van der Waals surface area contributed by atoms with Crippen LogP contribution in [0.15, 0.2) is 0 Å². The Morgan fingerprint density at radius 3 is 1.95 bits per heavy atom. The molecule has 3 nitrogen and oxygen atoms in total. The van der Waals surface area contributed by atoms with Crippen LogP contribution in [0.5, 0.6) is 0 Å². The lowest BCUT2D eigenvalue weighted by atomic mass is 9.46. The fourth-order valence-electron chi connectivity index (χ4n) is 5.57. The van der Waals surface area contributed by atoms with E-state index in [1.165, 1.54) is 38.5 Å². The van der Waals surface area contributed by atoms with Gasteiger partial charge in [-0.25, -0.2) is 0 Å². The van der Waals surface area contributed by atoms with Crippen LogP contribution in [-0.2, 0) is 9.53 Å². The second-order valence-corrected chi connectivity index (χ2v) is 8.90. The van der Waals surface area contributed by atoms with Crippen molar-refractivity contribution in [3.8, 4) is 6.07 Å². The Hall–Kier alpha value is -1.04. The maximum atomic E-state index is 12.6. The molecule has 1 unspecified atom stereocenters. The first-order chi connectivity index (χ1) is 10.2. The highest BCUT2D eigenvalue weighted by Gasteiger charge is 2.59. The Labute approximate surface area is 134 Å². The maximum Gasteiger partial charge on any atom is 0.326 e. The number of hydrogen-bond donors (Lipinski definition) is 0. The average Bonchev–Trinajstić information content (AvgIpc) is 2.44. The zero-order valence-electron chi connectivity index (χ0n) is 14.4. The normalized spacial score (nSPS) is 39.1. The van der Waals surface area contributed by atoms with Gasteiger partial charge in [-0.05, 0) is 83.5 Å². The highest BCUT2D eigenvalue weighted by molar-refractivity contribution is 5.79. The summed E-state index contributed by atoms with van der Waals surface area (Å²) in [5.74, 6) is 2.16. The highest BCUT2D eigenvalue weighted by atomic mass is 16.6. The molecule has 0 aromatic heterocycles. The lowest BCUT2D eigenvalue weighted by Gasteiger charge is -2.61. The predicted molar refractivity (Wildman–Crippen MR) is 84.8 cm³/mol. The van der Waals surface area contributed by atoms with Crippen LogP contribution in [-0.4, -0.2) is 11.6 Å². The largest absolute Gasteiger partial charge is 0.458 e. The van der Waals surface area contributed by atoms with E-state index in [4.69, 9.17) is 4.74 Å². The van der Waals surface area contributed by atoms with Crippen LogP contribution in [0.25, 0.3) is 0 Å². The van der Waals surface area contributed by atoms with Crippen LogP contribution >= 0.6 is 0 Å². The van der Waals surface area contributed by atoms with E-state index in [-0.39, 0.29) is 11.4 Å². The van der Waals surface area contributed by atoms with Gasteiger partial charge in [0.1, 0.15) is 5.60 Å². The Bertz CT molecular complexity index is 481. The smallest absolute Gasteiger partial charge is 0.326 e. The van der Waals surface area contributed by atoms with E-state index in [1.807, 2.05) is 6.92 Å². The number of nitrogens with zero attached hydrogens (tertiary/aromatic N) is 1. The third-order valence-corrected chi connectivity index (χ3v) is 7.07. The average molecular weight is 303 g/mol. The first kappa shape index (κ1) is 15.8. The second kappa shape index (κ2) is 4.98. The summed E-state index contributed by atoms with van der Waals surface area (Å²) in [7, 11) is 0. The molecule has 0 aromatic carbocycles. The Balaban J connectivity index is 1.81. The molecule has 22 heavy (non-hydrogen) atoms. The van der Waals surface area contributed by atoms with Crippen molar-refractivity contribution < 1.29 is 9.53 Å². The molecule has 4 saturated carbocycles. The first-order valence-corrected chi connectivity index (χ1v) is 8.88. The summed E-state index contributed by atoms with van der Waals surface area (Å²) in [6.45, 7) is 7.75. The molecule has 4 aliphatic rings. The molecule has 3 heteroatoms. The minimum absolute atomic E-state index is 0.140. The Morgan fingerprint density at radius 2 is 1.59 bits per heavy atom. The van der Waals surface area contributed by atoms with Crippen LogP contribution in [0.1, 0.15) is 72.6 Å². The molecular formula is C19H29NO2. The summed E-state index contributed by atoms with van der Waals surface area (Å²) in [5.41, 5.74) is -1.34. The maximum absolute atomic E-state index is 12.6. The number of carbonyl (C=O) groups excluding carboxylic acids is 1. The van der Waals surface area contributed by atoms with E-state index in [9.17, 15) is 10.1 Å². The van der Waals surface area contributed by atoms with Crippen molar-refractivity contribution in [1.29, 1.82) is 5.26 Å². The molecule has 0 aromatic rings. The molecular weight excluding hydrogens is 274 g/mol. The highest BCUT2D eigenvalue weighted by Crippen LogP contribution is 2.64. The third kappa shape index (κ3) is 2.27. The summed E-state index contributed by atoms with van der Waals surface area (Å²) in [6, 6.07) is 2.15. The number of nitriles is 1. The van der Waals surface area contributed by atoms with Gasteiger partial charge in [0.15, 0.2) is 5.41 Å². The number of ether oxygens (including phenoxy) is 1. The molecule has 4 rings (SSSR count). The van der Waals surface area contributed by atoms with Crippen LogP contribution in [0.3, 0.4) is 0 Å². The molecule has 4 fully saturated rings. The van der Waals surface area contributed by atoms with Gasteiger partial charge in [-0.2, -0.15) is 5.26 Å². The van der Waals surface area contributed by atoms with Crippen LogP contribution in [0, 0.1) is 39.9 Å². The number of hydrogen-bond acceptors (Lipinski definition) is 3. The fraction of sp³-hybridized carbons (Fsp3) is 0.895. The van der Waals surface area contributed by atoms with Crippen molar-refractivity contribution in [2.45, 2.75) is 78.2 Å². The molecule has 0 spiro atoms. The van der Waals surface area contributed by atoms with Gasteiger partial charge in [-0.1, -0.05) is 6.92 Å². The van der Waals surface area contributed by atoms with E-state index in [0.717, 1.165) is 17.8 Å². The second-order valence-electron chi connectivity index (χ2n) is 8.90. The zero-order chi connectivity index (χ0) is 16.2. The summed E-state index contributed by atoms with van der Waals surface area (Å²) in [4.78, 5) is 12.6. The van der Waals surface area contributed by atoms with Crippen molar-refractivity contribution in [2.24, 2.45) is 28.6 Å². The monoisotopic (exact) mass is 303 g/mol. The third-order valence-electron chi connectivity index (χ3n) is 7.07. The lowest BCUT2D eigenvalue weighted by molar-refractivity contribution is -0.204. The fourth-order valence-corrected chi connectivity index (χ4v) is 5.57. The molecule has 122 valence electrons. The molecule has 0 N–H and O–H groups in total. The summed E-state index contributed by atoms with van der Waals surface area (Å²) >= 11 is 0. The van der Waals surface area contributed by atoms with E-state index in [0.29, 0.717) is 6.42 Å².